The van der Waals surface area contributed by atoms with Crippen LogP contribution in [0.5, 0.6) is 17.2 Å². The Morgan fingerprint density at radius 2 is 1.77 bits per heavy atom. The molecule has 138 valence electrons. The van der Waals surface area contributed by atoms with Crippen LogP contribution in [0.25, 0.3) is 0 Å². The average molecular weight is 379 g/mol. The summed E-state index contributed by atoms with van der Waals surface area (Å²) in [5.41, 5.74) is 0.656. The molecular formula is C16H17N3O6S. The third-order valence-corrected chi connectivity index (χ3v) is 4.04. The molecule has 0 spiro atoms. The third kappa shape index (κ3) is 4.54. The van der Waals surface area contributed by atoms with Gasteiger partial charge < -0.3 is 18.9 Å². The van der Waals surface area contributed by atoms with Gasteiger partial charge in [-0.2, -0.15) is 5.10 Å². The zero-order chi connectivity index (χ0) is 19.1. The van der Waals surface area contributed by atoms with E-state index in [-0.39, 0.29) is 10.1 Å². The van der Waals surface area contributed by atoms with E-state index in [4.69, 9.17) is 14.2 Å². The number of rotatable bonds is 6. The predicted octanol–water partition coefficient (Wildman–Crippen LogP) is 1.32. The Kier molecular flexibility index (Phi) is 6.61. The topological polar surface area (TPSA) is 108 Å². The molecule has 10 heteroatoms. The van der Waals surface area contributed by atoms with Gasteiger partial charge in [0.1, 0.15) is 0 Å². The van der Waals surface area contributed by atoms with Crippen LogP contribution < -0.4 is 19.5 Å². The van der Waals surface area contributed by atoms with Crippen LogP contribution in [0, 0.1) is 0 Å². The Morgan fingerprint density at radius 3 is 2.31 bits per heavy atom. The number of ether oxygens (including phenoxy) is 4. The van der Waals surface area contributed by atoms with E-state index in [1.807, 2.05) is 0 Å². The van der Waals surface area contributed by atoms with E-state index in [1.54, 1.807) is 12.1 Å². The van der Waals surface area contributed by atoms with E-state index in [0.717, 1.165) is 17.8 Å². The lowest BCUT2D eigenvalue weighted by Crippen LogP contribution is -2.19. The summed E-state index contributed by atoms with van der Waals surface area (Å²) in [6.45, 7) is 0. The molecule has 1 aliphatic rings. The van der Waals surface area contributed by atoms with Crippen molar-refractivity contribution < 1.29 is 28.5 Å². The van der Waals surface area contributed by atoms with Crippen molar-refractivity contribution >= 4 is 35.0 Å². The van der Waals surface area contributed by atoms with Gasteiger partial charge in [-0.05, 0) is 23.9 Å². The molecule has 1 saturated heterocycles. The molecule has 1 aromatic rings. The minimum Gasteiger partial charge on any atom is -0.493 e. The Balaban J connectivity index is 2.18. The van der Waals surface area contributed by atoms with Crippen molar-refractivity contribution in [2.24, 2.45) is 10.2 Å². The summed E-state index contributed by atoms with van der Waals surface area (Å²) in [5, 5.41) is 10.6. The lowest BCUT2D eigenvalue weighted by atomic mass is 10.2. The maximum Gasteiger partial charge on any atom is 0.331 e. The number of amides is 1. The molecule has 2 rings (SSSR count). The van der Waals surface area contributed by atoms with Crippen molar-refractivity contribution in [2.75, 3.05) is 28.4 Å². The molecule has 0 unspecified atom stereocenters. The fourth-order valence-corrected chi connectivity index (χ4v) is 2.70. The molecular weight excluding hydrogens is 362 g/mol. The van der Waals surface area contributed by atoms with Gasteiger partial charge in [-0.15, -0.1) is 5.10 Å². The summed E-state index contributed by atoms with van der Waals surface area (Å²) in [7, 11) is 5.77. The first kappa shape index (κ1) is 19.3. The standard InChI is InChI=1S/C16H17N3O6S/c1-22-10-5-9(6-11(23-2)14(10)25-4)8-17-19-16-18-15(21)12(26-16)7-13(20)24-3/h5-8H,1-4H3,(H,18,19,21)/b12-7+,17-8?. The summed E-state index contributed by atoms with van der Waals surface area (Å²) in [5.74, 6) is 0.363. The number of nitrogens with zero attached hydrogens (tertiary/aromatic N) is 2. The minimum absolute atomic E-state index is 0.179. The lowest BCUT2D eigenvalue weighted by Gasteiger charge is -2.12. The zero-order valence-corrected chi connectivity index (χ0v) is 15.4. The van der Waals surface area contributed by atoms with Crippen LogP contribution >= 0.6 is 11.8 Å². The van der Waals surface area contributed by atoms with Crippen molar-refractivity contribution in [3.63, 3.8) is 0 Å². The van der Waals surface area contributed by atoms with Crippen LogP contribution in [-0.4, -0.2) is 51.7 Å². The number of hydrogen-bond donors (Lipinski definition) is 1. The average Bonchev–Trinajstić information content (AvgIpc) is 2.99. The molecule has 0 saturated carbocycles. The maximum atomic E-state index is 11.7. The summed E-state index contributed by atoms with van der Waals surface area (Å²) in [6.07, 6.45) is 2.55. The van der Waals surface area contributed by atoms with Gasteiger partial charge in [-0.3, -0.25) is 10.1 Å². The first-order chi connectivity index (χ1) is 12.5. The van der Waals surface area contributed by atoms with Gasteiger partial charge in [-0.25, -0.2) is 4.79 Å². The number of hydrogen-bond acceptors (Lipinski definition) is 9. The molecule has 0 radical (unpaired) electrons. The second-order valence-corrected chi connectivity index (χ2v) is 5.73. The first-order valence-electron chi connectivity index (χ1n) is 7.22. The van der Waals surface area contributed by atoms with Crippen molar-refractivity contribution in [3.05, 3.63) is 28.7 Å². The van der Waals surface area contributed by atoms with E-state index < -0.39 is 11.9 Å². The summed E-state index contributed by atoms with van der Waals surface area (Å²) in [4.78, 5) is 23.1. The molecule has 1 fully saturated rings. The smallest absolute Gasteiger partial charge is 0.331 e. The van der Waals surface area contributed by atoms with E-state index >= 15 is 0 Å². The van der Waals surface area contributed by atoms with E-state index in [0.29, 0.717) is 22.8 Å². The van der Waals surface area contributed by atoms with Crippen LogP contribution in [0.4, 0.5) is 0 Å². The molecule has 1 amide bonds. The normalized spacial score (nSPS) is 16.8. The van der Waals surface area contributed by atoms with Gasteiger partial charge in [0.05, 0.1) is 39.6 Å². The molecule has 1 aromatic carbocycles. The number of esters is 1. The largest absolute Gasteiger partial charge is 0.493 e. The Labute approximate surface area is 154 Å². The van der Waals surface area contributed by atoms with Crippen LogP contribution in [0.3, 0.4) is 0 Å². The highest BCUT2D eigenvalue weighted by Gasteiger charge is 2.25. The Bertz CT molecular complexity index is 778. The lowest BCUT2D eigenvalue weighted by molar-refractivity contribution is -0.135. The number of carbonyl (C=O) groups excluding carboxylic acids is 2. The maximum absolute atomic E-state index is 11.7. The number of amidine groups is 1. The van der Waals surface area contributed by atoms with Crippen LogP contribution in [0.15, 0.2) is 33.3 Å². The predicted molar refractivity (Wildman–Crippen MR) is 97.0 cm³/mol. The Hall–Kier alpha value is -3.01. The number of carbonyl (C=O) groups is 2. The first-order valence-corrected chi connectivity index (χ1v) is 8.04. The Morgan fingerprint density at radius 1 is 1.12 bits per heavy atom. The van der Waals surface area contributed by atoms with E-state index in [1.165, 1.54) is 34.7 Å². The highest BCUT2D eigenvalue weighted by Crippen LogP contribution is 2.37. The highest BCUT2D eigenvalue weighted by molar-refractivity contribution is 8.18. The molecule has 1 aliphatic heterocycles. The monoisotopic (exact) mass is 379 g/mol. The molecule has 26 heavy (non-hydrogen) atoms. The third-order valence-electron chi connectivity index (χ3n) is 3.14. The number of nitrogens with one attached hydrogen (secondary N) is 1. The van der Waals surface area contributed by atoms with Crippen LogP contribution in [0.1, 0.15) is 5.56 Å². The molecule has 1 N–H and O–H groups in total. The fourth-order valence-electron chi connectivity index (χ4n) is 1.96. The molecule has 0 atom stereocenters. The van der Waals surface area contributed by atoms with Crippen molar-refractivity contribution in [3.8, 4) is 17.2 Å². The highest BCUT2D eigenvalue weighted by atomic mass is 32.2. The van der Waals surface area contributed by atoms with Gasteiger partial charge in [0.15, 0.2) is 16.7 Å². The van der Waals surface area contributed by atoms with E-state index in [2.05, 4.69) is 20.3 Å². The molecule has 0 aliphatic carbocycles. The second-order valence-electron chi connectivity index (χ2n) is 4.70. The SMILES string of the molecule is COC(=O)/C=C1/SC(=NN=Cc2cc(OC)c(OC)c(OC)c2)NC1=O. The van der Waals surface area contributed by atoms with Crippen molar-refractivity contribution in [1.82, 2.24) is 5.32 Å². The van der Waals surface area contributed by atoms with Crippen molar-refractivity contribution in [2.45, 2.75) is 0 Å². The molecule has 1 heterocycles. The van der Waals surface area contributed by atoms with Gasteiger partial charge in [0.2, 0.25) is 5.75 Å². The number of thioether (sulfide) groups is 1. The minimum atomic E-state index is -0.621. The molecule has 9 nitrogen and oxygen atoms in total. The summed E-state index contributed by atoms with van der Waals surface area (Å²) in [6, 6.07) is 3.40. The number of benzene rings is 1. The number of methoxy groups -OCH3 is 4. The fraction of sp³-hybridized carbons (Fsp3) is 0.250. The summed E-state index contributed by atoms with van der Waals surface area (Å²) < 4.78 is 20.3. The van der Waals surface area contributed by atoms with Crippen molar-refractivity contribution in [1.29, 1.82) is 0 Å². The van der Waals surface area contributed by atoms with E-state index in [9.17, 15) is 9.59 Å². The van der Waals surface area contributed by atoms with Gasteiger partial charge in [-0.1, -0.05) is 0 Å². The molecule has 0 bridgehead atoms. The second kappa shape index (κ2) is 8.90. The quantitative estimate of drug-likeness (QED) is 0.344. The van der Waals surface area contributed by atoms with Crippen LogP contribution in [-0.2, 0) is 14.3 Å². The van der Waals surface area contributed by atoms with Crippen LogP contribution in [0.2, 0.25) is 0 Å². The van der Waals surface area contributed by atoms with Gasteiger partial charge in [0, 0.05) is 11.6 Å². The van der Waals surface area contributed by atoms with Gasteiger partial charge in [0.25, 0.3) is 5.91 Å². The zero-order valence-electron chi connectivity index (χ0n) is 14.6. The summed E-state index contributed by atoms with van der Waals surface area (Å²) >= 11 is 0.985. The van der Waals surface area contributed by atoms with Gasteiger partial charge >= 0.3 is 5.97 Å². The molecule has 0 aromatic heterocycles.